The lowest BCUT2D eigenvalue weighted by Crippen LogP contribution is -2.18. The molecule has 0 aliphatic carbocycles. The van der Waals surface area contributed by atoms with Crippen LogP contribution >= 0.6 is 39.0 Å². The van der Waals surface area contributed by atoms with Crippen molar-refractivity contribution in [2.75, 3.05) is 12.4 Å². The van der Waals surface area contributed by atoms with Gasteiger partial charge in [-0.1, -0.05) is 6.92 Å². The second kappa shape index (κ2) is 6.00. The first-order valence-corrected chi connectivity index (χ1v) is 9.06. The molecule has 2 nitrogen and oxygen atoms in total. The van der Waals surface area contributed by atoms with Crippen molar-refractivity contribution in [1.82, 2.24) is 0 Å². The van der Waals surface area contributed by atoms with E-state index in [4.69, 9.17) is 4.74 Å². The third-order valence-electron chi connectivity index (χ3n) is 3.40. The van der Waals surface area contributed by atoms with Crippen LogP contribution in [0.5, 0.6) is 5.75 Å². The molecule has 3 rings (SSSR count). The quantitative estimate of drug-likeness (QED) is 0.765. The molecule has 1 aliphatic rings. The smallest absolute Gasteiger partial charge is 0.135 e. The zero-order chi connectivity index (χ0) is 14.1. The molecule has 1 unspecified atom stereocenters. The number of ether oxygens (including phenoxy) is 1. The van der Waals surface area contributed by atoms with Crippen molar-refractivity contribution < 1.29 is 4.74 Å². The Bertz CT molecular complexity index is 614. The minimum absolute atomic E-state index is 0.387. The number of nitrogens with one attached hydrogen (secondary N) is 1. The van der Waals surface area contributed by atoms with Crippen molar-refractivity contribution in [2.45, 2.75) is 28.8 Å². The van der Waals surface area contributed by atoms with Crippen molar-refractivity contribution in [1.29, 1.82) is 0 Å². The van der Waals surface area contributed by atoms with Crippen LogP contribution in [0.3, 0.4) is 0 Å². The van der Waals surface area contributed by atoms with E-state index in [9.17, 15) is 0 Å². The van der Waals surface area contributed by atoms with Gasteiger partial charge in [0.1, 0.15) is 5.75 Å². The number of halogens is 1. The van der Waals surface area contributed by atoms with Crippen LogP contribution in [0.1, 0.15) is 24.9 Å². The van der Waals surface area contributed by atoms with Crippen LogP contribution in [-0.4, -0.2) is 12.4 Å². The summed E-state index contributed by atoms with van der Waals surface area (Å²) < 4.78 is 7.79. The minimum Gasteiger partial charge on any atom is -0.495 e. The Balaban J connectivity index is 1.85. The first-order valence-electron chi connectivity index (χ1n) is 6.51. The second-order valence-corrected chi connectivity index (χ2v) is 8.35. The largest absolute Gasteiger partial charge is 0.495 e. The Morgan fingerprint density at radius 2 is 2.20 bits per heavy atom. The van der Waals surface area contributed by atoms with E-state index in [0.717, 1.165) is 22.3 Å². The number of methoxy groups -OCH3 is 1. The highest BCUT2D eigenvalue weighted by molar-refractivity contribution is 9.10. The molecule has 1 aromatic carbocycles. The molecule has 1 aromatic heterocycles. The summed E-state index contributed by atoms with van der Waals surface area (Å²) >= 11 is 7.32. The Labute approximate surface area is 136 Å². The average Bonchev–Trinajstić information content (AvgIpc) is 2.89. The van der Waals surface area contributed by atoms with Crippen molar-refractivity contribution >= 4 is 44.7 Å². The standard InChI is InChI=1S/C15H16BrNOS2/c1-9-7-13(11-5-6-19-15(11)20-9)17-10-3-4-12(16)14(8-10)18-2/h3-6,8-9,13,17H,7H2,1-2H3/t9-,13?/m0/s1. The van der Waals surface area contributed by atoms with Crippen LogP contribution in [0.15, 0.2) is 38.3 Å². The summed E-state index contributed by atoms with van der Waals surface area (Å²) in [4.78, 5) is 0. The monoisotopic (exact) mass is 369 g/mol. The number of thioether (sulfide) groups is 1. The van der Waals surface area contributed by atoms with Gasteiger partial charge in [-0.3, -0.25) is 0 Å². The molecular weight excluding hydrogens is 354 g/mol. The molecule has 0 saturated heterocycles. The van der Waals surface area contributed by atoms with Gasteiger partial charge in [0, 0.05) is 17.0 Å². The summed E-state index contributed by atoms with van der Waals surface area (Å²) in [5.74, 6) is 0.860. The Hall–Kier alpha value is -0.650. The van der Waals surface area contributed by atoms with Gasteiger partial charge in [-0.25, -0.2) is 0 Å². The number of hydrogen-bond acceptors (Lipinski definition) is 4. The topological polar surface area (TPSA) is 21.3 Å². The first-order chi connectivity index (χ1) is 9.67. The lowest BCUT2D eigenvalue weighted by molar-refractivity contribution is 0.412. The van der Waals surface area contributed by atoms with Crippen molar-refractivity contribution in [2.24, 2.45) is 0 Å². The predicted octanol–water partition coefficient (Wildman–Crippen LogP) is 5.56. The highest BCUT2D eigenvalue weighted by atomic mass is 79.9. The Morgan fingerprint density at radius 3 is 3.00 bits per heavy atom. The Kier molecular flexibility index (Phi) is 4.29. The summed E-state index contributed by atoms with van der Waals surface area (Å²) in [6.07, 6.45) is 1.15. The average molecular weight is 370 g/mol. The van der Waals surface area contributed by atoms with Crippen molar-refractivity contribution in [3.8, 4) is 5.75 Å². The van der Waals surface area contributed by atoms with E-state index in [0.29, 0.717) is 11.3 Å². The lowest BCUT2D eigenvalue weighted by Gasteiger charge is -2.28. The van der Waals surface area contributed by atoms with Crippen LogP contribution in [0.4, 0.5) is 5.69 Å². The summed E-state index contributed by atoms with van der Waals surface area (Å²) in [6.45, 7) is 2.30. The van der Waals surface area contributed by atoms with Crippen molar-refractivity contribution in [3.05, 3.63) is 39.7 Å². The minimum atomic E-state index is 0.387. The van der Waals surface area contributed by atoms with Gasteiger partial charge in [0.2, 0.25) is 0 Å². The van der Waals surface area contributed by atoms with E-state index >= 15 is 0 Å². The number of hydrogen-bond donors (Lipinski definition) is 1. The van der Waals surface area contributed by atoms with Crippen LogP contribution in [0.25, 0.3) is 0 Å². The van der Waals surface area contributed by atoms with Gasteiger partial charge in [-0.05, 0) is 51.5 Å². The van der Waals surface area contributed by atoms with Gasteiger partial charge in [-0.2, -0.15) is 0 Å². The van der Waals surface area contributed by atoms with E-state index in [1.165, 1.54) is 9.77 Å². The van der Waals surface area contributed by atoms with E-state index in [1.54, 1.807) is 7.11 Å². The van der Waals surface area contributed by atoms with Gasteiger partial charge < -0.3 is 10.1 Å². The number of rotatable bonds is 3. The molecule has 0 bridgehead atoms. The summed E-state index contributed by atoms with van der Waals surface area (Å²) in [6, 6.07) is 8.79. The fraction of sp³-hybridized carbons (Fsp3) is 0.333. The summed E-state index contributed by atoms with van der Waals surface area (Å²) in [5, 5.41) is 6.48. The molecule has 2 aromatic rings. The molecule has 0 spiro atoms. The third-order valence-corrected chi connectivity index (χ3v) is 6.40. The summed E-state index contributed by atoms with van der Waals surface area (Å²) in [5.41, 5.74) is 2.53. The van der Waals surface area contributed by atoms with E-state index in [2.05, 4.69) is 45.7 Å². The van der Waals surface area contributed by atoms with Gasteiger partial charge in [0.25, 0.3) is 0 Å². The number of fused-ring (bicyclic) bond motifs is 1. The Morgan fingerprint density at radius 1 is 1.35 bits per heavy atom. The predicted molar refractivity (Wildman–Crippen MR) is 91.3 cm³/mol. The van der Waals surface area contributed by atoms with E-state index in [-0.39, 0.29) is 0 Å². The van der Waals surface area contributed by atoms with Gasteiger partial charge in [0.15, 0.2) is 0 Å². The van der Waals surface area contributed by atoms with Crippen LogP contribution < -0.4 is 10.1 Å². The maximum absolute atomic E-state index is 5.36. The highest BCUT2D eigenvalue weighted by Gasteiger charge is 2.26. The molecule has 2 heterocycles. The SMILES string of the molecule is COc1cc(NC2C[C@H](C)Sc3sccc32)ccc1Br. The van der Waals surface area contributed by atoms with Crippen LogP contribution in [0, 0.1) is 0 Å². The number of anilines is 1. The normalized spacial score (nSPS) is 21.4. The van der Waals surface area contributed by atoms with Crippen LogP contribution in [-0.2, 0) is 0 Å². The fourth-order valence-electron chi connectivity index (χ4n) is 2.44. The zero-order valence-electron chi connectivity index (χ0n) is 11.4. The highest BCUT2D eigenvalue weighted by Crippen LogP contribution is 2.45. The molecule has 5 heteroatoms. The number of benzene rings is 1. The van der Waals surface area contributed by atoms with E-state index in [1.807, 2.05) is 35.2 Å². The molecule has 0 saturated carbocycles. The maximum atomic E-state index is 5.36. The fourth-order valence-corrected chi connectivity index (χ4v) is 5.41. The molecule has 1 N–H and O–H groups in total. The zero-order valence-corrected chi connectivity index (χ0v) is 14.6. The second-order valence-electron chi connectivity index (χ2n) is 4.87. The molecule has 0 radical (unpaired) electrons. The first kappa shape index (κ1) is 14.3. The molecule has 20 heavy (non-hydrogen) atoms. The van der Waals surface area contributed by atoms with Gasteiger partial charge in [-0.15, -0.1) is 23.1 Å². The van der Waals surface area contributed by atoms with E-state index < -0.39 is 0 Å². The third kappa shape index (κ3) is 2.85. The lowest BCUT2D eigenvalue weighted by atomic mass is 10.0. The van der Waals surface area contributed by atoms with Gasteiger partial charge in [0.05, 0.1) is 21.8 Å². The number of thiophene rings is 1. The molecule has 0 amide bonds. The molecular formula is C15H16BrNOS2. The van der Waals surface area contributed by atoms with Gasteiger partial charge >= 0.3 is 0 Å². The van der Waals surface area contributed by atoms with Crippen LogP contribution in [0.2, 0.25) is 0 Å². The molecule has 2 atom stereocenters. The maximum Gasteiger partial charge on any atom is 0.135 e. The molecule has 1 aliphatic heterocycles. The molecule has 0 fully saturated rings. The summed E-state index contributed by atoms with van der Waals surface area (Å²) in [7, 11) is 1.69. The van der Waals surface area contributed by atoms with Crippen molar-refractivity contribution in [3.63, 3.8) is 0 Å². The molecule has 106 valence electrons.